The van der Waals surface area contributed by atoms with E-state index in [0.717, 1.165) is 30.2 Å². The van der Waals surface area contributed by atoms with Crippen LogP contribution in [0.5, 0.6) is 0 Å². The molecule has 0 aromatic carbocycles. The Labute approximate surface area is 101 Å². The average Bonchev–Trinajstić information content (AvgIpc) is 2.56. The van der Waals surface area contributed by atoms with Gasteiger partial charge in [-0.3, -0.25) is 0 Å². The molecule has 0 radical (unpaired) electrons. The summed E-state index contributed by atoms with van der Waals surface area (Å²) in [4.78, 5) is 6.88. The Morgan fingerprint density at radius 1 is 1.38 bits per heavy atom. The lowest BCUT2D eigenvalue weighted by atomic mass is 10.2. The van der Waals surface area contributed by atoms with E-state index in [9.17, 15) is 5.11 Å². The monoisotopic (exact) mass is 238 g/mol. The first-order valence-corrected chi connectivity index (χ1v) is 6.86. The highest BCUT2D eigenvalue weighted by Crippen LogP contribution is 2.19. The van der Waals surface area contributed by atoms with Crippen molar-refractivity contribution in [1.82, 2.24) is 4.98 Å². The van der Waals surface area contributed by atoms with Crippen LogP contribution in [-0.2, 0) is 6.61 Å². The van der Waals surface area contributed by atoms with Crippen molar-refractivity contribution in [3.63, 3.8) is 0 Å². The highest BCUT2D eigenvalue weighted by Gasteiger charge is 2.12. The summed E-state index contributed by atoms with van der Waals surface area (Å²) in [5.41, 5.74) is 1.94. The summed E-state index contributed by atoms with van der Waals surface area (Å²) >= 11 is 2.01. The van der Waals surface area contributed by atoms with E-state index in [2.05, 4.69) is 9.88 Å². The Morgan fingerprint density at radius 3 is 3.06 bits per heavy atom. The molecule has 0 aliphatic carbocycles. The number of aliphatic hydroxyl groups excluding tert-OH is 1. The van der Waals surface area contributed by atoms with E-state index in [1.54, 1.807) is 0 Å². The number of anilines is 1. The molecule has 0 atom stereocenters. The first-order valence-electron chi connectivity index (χ1n) is 5.71. The summed E-state index contributed by atoms with van der Waals surface area (Å²) in [6.45, 7) is 4.22. The van der Waals surface area contributed by atoms with E-state index in [1.807, 2.05) is 30.8 Å². The van der Waals surface area contributed by atoms with Crippen LogP contribution < -0.4 is 4.90 Å². The van der Waals surface area contributed by atoms with Crippen LogP contribution in [0.2, 0.25) is 0 Å². The average molecular weight is 238 g/mol. The minimum Gasteiger partial charge on any atom is -0.392 e. The van der Waals surface area contributed by atoms with Gasteiger partial charge < -0.3 is 10.0 Å². The van der Waals surface area contributed by atoms with Gasteiger partial charge >= 0.3 is 0 Å². The molecule has 4 heteroatoms. The van der Waals surface area contributed by atoms with Crippen LogP contribution in [0, 0.1) is 6.92 Å². The van der Waals surface area contributed by atoms with Crippen molar-refractivity contribution in [2.75, 3.05) is 29.5 Å². The van der Waals surface area contributed by atoms with Gasteiger partial charge in [0.25, 0.3) is 0 Å². The molecule has 1 aliphatic heterocycles. The Morgan fingerprint density at radius 2 is 2.25 bits per heavy atom. The number of aromatic nitrogens is 1. The molecule has 1 saturated heterocycles. The molecule has 1 fully saturated rings. The second-order valence-corrected chi connectivity index (χ2v) is 5.31. The summed E-state index contributed by atoms with van der Waals surface area (Å²) in [5.74, 6) is 3.44. The second kappa shape index (κ2) is 5.55. The molecular weight excluding hydrogens is 220 g/mol. The van der Waals surface area contributed by atoms with Gasteiger partial charge in [0, 0.05) is 24.5 Å². The number of hydrogen-bond acceptors (Lipinski definition) is 4. The van der Waals surface area contributed by atoms with Gasteiger partial charge in [-0.2, -0.15) is 11.8 Å². The molecule has 0 unspecified atom stereocenters. The Hall–Kier alpha value is -0.740. The van der Waals surface area contributed by atoms with Crippen LogP contribution in [-0.4, -0.2) is 34.7 Å². The van der Waals surface area contributed by atoms with Crippen molar-refractivity contribution in [2.45, 2.75) is 20.0 Å². The molecule has 2 heterocycles. The topological polar surface area (TPSA) is 36.4 Å². The maximum atomic E-state index is 9.19. The van der Waals surface area contributed by atoms with Gasteiger partial charge in [-0.15, -0.1) is 0 Å². The Kier molecular flexibility index (Phi) is 4.07. The van der Waals surface area contributed by atoms with E-state index in [-0.39, 0.29) is 6.61 Å². The van der Waals surface area contributed by atoms with Gasteiger partial charge in [-0.1, -0.05) is 0 Å². The molecule has 1 aromatic rings. The third-order valence-corrected chi connectivity index (χ3v) is 3.78. The molecule has 1 aliphatic rings. The summed E-state index contributed by atoms with van der Waals surface area (Å²) in [6.07, 6.45) is 1.22. The Balaban J connectivity index is 2.20. The smallest absolute Gasteiger partial charge is 0.129 e. The van der Waals surface area contributed by atoms with E-state index in [1.165, 1.54) is 17.9 Å². The fraction of sp³-hybridized carbons (Fsp3) is 0.583. The van der Waals surface area contributed by atoms with Crippen LogP contribution in [0.1, 0.15) is 17.7 Å². The van der Waals surface area contributed by atoms with E-state index in [0.29, 0.717) is 0 Å². The van der Waals surface area contributed by atoms with Crippen molar-refractivity contribution in [1.29, 1.82) is 0 Å². The van der Waals surface area contributed by atoms with Crippen LogP contribution in [0.3, 0.4) is 0 Å². The molecule has 16 heavy (non-hydrogen) atoms. The third kappa shape index (κ3) is 2.89. The van der Waals surface area contributed by atoms with Gasteiger partial charge in [-0.25, -0.2) is 4.98 Å². The van der Waals surface area contributed by atoms with Crippen LogP contribution in [0.15, 0.2) is 12.1 Å². The third-order valence-electron chi connectivity index (χ3n) is 2.73. The summed E-state index contributed by atoms with van der Waals surface area (Å²) in [7, 11) is 0. The second-order valence-electron chi connectivity index (χ2n) is 4.09. The van der Waals surface area contributed by atoms with E-state index in [4.69, 9.17) is 0 Å². The zero-order valence-corrected chi connectivity index (χ0v) is 10.5. The molecular formula is C12H18N2OS. The number of hydrogen-bond donors (Lipinski definition) is 1. The maximum absolute atomic E-state index is 9.19. The lowest BCUT2D eigenvalue weighted by Gasteiger charge is -2.22. The molecule has 0 saturated carbocycles. The van der Waals surface area contributed by atoms with Crippen molar-refractivity contribution in [3.05, 3.63) is 23.4 Å². The first-order chi connectivity index (χ1) is 7.79. The molecule has 1 aromatic heterocycles. The zero-order chi connectivity index (χ0) is 11.4. The van der Waals surface area contributed by atoms with Gasteiger partial charge in [-0.05, 0) is 36.8 Å². The summed E-state index contributed by atoms with van der Waals surface area (Å²) in [5, 5.41) is 9.19. The van der Waals surface area contributed by atoms with Crippen molar-refractivity contribution in [3.8, 4) is 0 Å². The molecule has 3 nitrogen and oxygen atoms in total. The minimum atomic E-state index is 0.0962. The summed E-state index contributed by atoms with van der Waals surface area (Å²) < 4.78 is 0. The standard InChI is InChI=1S/C12H18N2OS/c1-10-7-11(9-15)8-12(13-10)14-3-2-5-16-6-4-14/h7-8,15H,2-6,9H2,1H3. The van der Waals surface area contributed by atoms with Crippen LogP contribution in [0.4, 0.5) is 5.82 Å². The lowest BCUT2D eigenvalue weighted by molar-refractivity contribution is 0.281. The molecule has 2 rings (SSSR count). The van der Waals surface area contributed by atoms with Gasteiger partial charge in [0.1, 0.15) is 5.82 Å². The summed E-state index contributed by atoms with van der Waals surface area (Å²) in [6, 6.07) is 3.94. The zero-order valence-electron chi connectivity index (χ0n) is 9.65. The SMILES string of the molecule is Cc1cc(CO)cc(N2CCCSCC2)n1. The molecule has 88 valence electrons. The van der Waals surface area contributed by atoms with Gasteiger partial charge in [0.15, 0.2) is 0 Å². The Bertz CT molecular complexity index is 349. The number of nitrogens with zero attached hydrogens (tertiary/aromatic N) is 2. The normalized spacial score (nSPS) is 17.2. The molecule has 1 N–H and O–H groups in total. The number of thioether (sulfide) groups is 1. The maximum Gasteiger partial charge on any atom is 0.129 e. The predicted octanol–water partition coefficient (Wildman–Crippen LogP) is 1.83. The quantitative estimate of drug-likeness (QED) is 0.852. The van der Waals surface area contributed by atoms with Gasteiger partial charge in [0.05, 0.1) is 6.61 Å². The lowest BCUT2D eigenvalue weighted by Crippen LogP contribution is -2.26. The number of aliphatic hydroxyl groups is 1. The minimum absolute atomic E-state index is 0.0962. The largest absolute Gasteiger partial charge is 0.392 e. The number of rotatable bonds is 2. The fourth-order valence-electron chi connectivity index (χ4n) is 1.95. The van der Waals surface area contributed by atoms with Crippen molar-refractivity contribution in [2.24, 2.45) is 0 Å². The number of pyridine rings is 1. The fourth-order valence-corrected chi connectivity index (χ4v) is 2.84. The highest BCUT2D eigenvalue weighted by atomic mass is 32.2. The molecule has 0 amide bonds. The van der Waals surface area contributed by atoms with E-state index < -0.39 is 0 Å². The predicted molar refractivity (Wildman–Crippen MR) is 69.1 cm³/mol. The first kappa shape index (κ1) is 11.7. The van der Waals surface area contributed by atoms with Crippen molar-refractivity contribution >= 4 is 17.6 Å². The van der Waals surface area contributed by atoms with Gasteiger partial charge in [0.2, 0.25) is 0 Å². The molecule has 0 spiro atoms. The van der Waals surface area contributed by atoms with E-state index >= 15 is 0 Å². The van der Waals surface area contributed by atoms with Crippen molar-refractivity contribution < 1.29 is 5.11 Å². The number of aryl methyl sites for hydroxylation is 1. The highest BCUT2D eigenvalue weighted by molar-refractivity contribution is 7.99. The van der Waals surface area contributed by atoms with Crippen LogP contribution >= 0.6 is 11.8 Å². The van der Waals surface area contributed by atoms with Crippen LogP contribution in [0.25, 0.3) is 0 Å². The molecule has 0 bridgehead atoms.